The molecule has 3 unspecified atom stereocenters. The second-order valence-corrected chi connectivity index (χ2v) is 5.18. The fraction of sp³-hybridized carbons (Fsp3) is 0.917. The zero-order valence-corrected chi connectivity index (χ0v) is 11.1. The number of methoxy groups -OCH3 is 2. The van der Waals surface area contributed by atoms with Crippen molar-refractivity contribution in [2.24, 2.45) is 17.3 Å². The molecular weight excluding hydrogens is 224 g/mol. The van der Waals surface area contributed by atoms with Crippen LogP contribution >= 0.6 is 0 Å². The molecule has 0 bridgehead atoms. The van der Waals surface area contributed by atoms with E-state index in [0.717, 1.165) is 6.42 Å². The maximum Gasteiger partial charge on any atom is 0.506 e. The molecule has 0 saturated heterocycles. The molecule has 1 saturated carbocycles. The minimum absolute atomic E-state index is 0.0736. The number of rotatable bonds is 6. The Morgan fingerprint density at radius 3 is 2.29 bits per heavy atom. The Labute approximate surface area is 102 Å². The van der Waals surface area contributed by atoms with Gasteiger partial charge in [-0.25, -0.2) is 4.79 Å². The Kier molecular flexibility index (Phi) is 4.38. The predicted octanol–water partition coefficient (Wildman–Crippen LogP) is 2.35. The summed E-state index contributed by atoms with van der Waals surface area (Å²) in [5.74, 6) is 0.591. The van der Waals surface area contributed by atoms with Crippen LogP contribution in [-0.4, -0.2) is 37.9 Å². The Hall–Kier alpha value is -0.810. The fourth-order valence-corrected chi connectivity index (χ4v) is 2.90. The zero-order valence-electron chi connectivity index (χ0n) is 11.1. The third-order valence-corrected chi connectivity index (χ3v) is 3.90. The molecule has 1 N–H and O–H groups in total. The van der Waals surface area contributed by atoms with Gasteiger partial charge in [0.25, 0.3) is 0 Å². The Bertz CT molecular complexity index is 272. The van der Waals surface area contributed by atoms with E-state index in [9.17, 15) is 4.79 Å². The Morgan fingerprint density at radius 1 is 1.35 bits per heavy atom. The average molecular weight is 246 g/mol. The van der Waals surface area contributed by atoms with Gasteiger partial charge in [-0.3, -0.25) is 0 Å². The summed E-state index contributed by atoms with van der Waals surface area (Å²) < 4.78 is 15.2. The Morgan fingerprint density at radius 2 is 1.88 bits per heavy atom. The van der Waals surface area contributed by atoms with E-state index in [4.69, 9.17) is 19.3 Å². The van der Waals surface area contributed by atoms with Crippen LogP contribution in [0.3, 0.4) is 0 Å². The summed E-state index contributed by atoms with van der Waals surface area (Å²) in [6.45, 7) is 6.04. The van der Waals surface area contributed by atoms with E-state index in [1.165, 1.54) is 0 Å². The van der Waals surface area contributed by atoms with Crippen molar-refractivity contribution in [1.29, 1.82) is 0 Å². The van der Waals surface area contributed by atoms with Crippen LogP contribution in [0.15, 0.2) is 0 Å². The van der Waals surface area contributed by atoms with Crippen LogP contribution < -0.4 is 0 Å². The summed E-state index contributed by atoms with van der Waals surface area (Å²) in [5, 5.41) is 8.62. The number of carboxylic acid groups (broad SMARTS) is 1. The van der Waals surface area contributed by atoms with Gasteiger partial charge in [0.1, 0.15) is 6.10 Å². The molecule has 0 aromatic heterocycles. The second kappa shape index (κ2) is 5.23. The first-order chi connectivity index (χ1) is 7.84. The van der Waals surface area contributed by atoms with Crippen LogP contribution in [0.4, 0.5) is 4.79 Å². The number of ether oxygens (including phenoxy) is 3. The molecule has 0 amide bonds. The Balaban J connectivity index is 2.55. The van der Waals surface area contributed by atoms with Crippen LogP contribution in [0, 0.1) is 17.3 Å². The molecule has 0 heterocycles. The molecule has 1 rings (SSSR count). The van der Waals surface area contributed by atoms with Gasteiger partial charge in [-0.15, -0.1) is 0 Å². The second-order valence-electron chi connectivity index (χ2n) is 5.18. The van der Waals surface area contributed by atoms with Crippen molar-refractivity contribution >= 4 is 6.16 Å². The number of hydrogen-bond acceptors (Lipinski definition) is 4. The molecule has 1 aliphatic rings. The lowest BCUT2D eigenvalue weighted by atomic mass is 10.1. The maximum atomic E-state index is 10.5. The van der Waals surface area contributed by atoms with E-state index in [0.29, 0.717) is 5.92 Å². The summed E-state index contributed by atoms with van der Waals surface area (Å²) in [6.07, 6.45) is -0.977. The normalized spacial score (nSPS) is 27.9. The first-order valence-corrected chi connectivity index (χ1v) is 5.79. The van der Waals surface area contributed by atoms with Crippen LogP contribution in [0.5, 0.6) is 0 Å². The van der Waals surface area contributed by atoms with Gasteiger partial charge in [0.15, 0.2) is 6.29 Å². The highest BCUT2D eigenvalue weighted by Crippen LogP contribution is 2.62. The quantitative estimate of drug-likeness (QED) is 0.575. The summed E-state index contributed by atoms with van der Waals surface area (Å²) in [6, 6.07) is 0. The maximum absolute atomic E-state index is 10.5. The van der Waals surface area contributed by atoms with E-state index in [1.807, 2.05) is 0 Å². The van der Waals surface area contributed by atoms with E-state index >= 15 is 0 Å². The van der Waals surface area contributed by atoms with Gasteiger partial charge in [0.05, 0.1) is 0 Å². The average Bonchev–Trinajstić information content (AvgIpc) is 2.75. The van der Waals surface area contributed by atoms with Crippen molar-refractivity contribution in [2.75, 3.05) is 14.2 Å². The van der Waals surface area contributed by atoms with Crippen LogP contribution in [-0.2, 0) is 14.2 Å². The molecule has 17 heavy (non-hydrogen) atoms. The van der Waals surface area contributed by atoms with Crippen molar-refractivity contribution in [3.05, 3.63) is 0 Å². The zero-order chi connectivity index (χ0) is 13.2. The molecule has 5 nitrogen and oxygen atoms in total. The van der Waals surface area contributed by atoms with Gasteiger partial charge in [-0.05, 0) is 18.3 Å². The molecule has 0 aromatic carbocycles. The third-order valence-electron chi connectivity index (χ3n) is 3.90. The molecule has 0 radical (unpaired) electrons. The highest BCUT2D eigenvalue weighted by atomic mass is 16.7. The number of hydrogen-bond donors (Lipinski definition) is 1. The molecule has 1 aliphatic carbocycles. The smallest absolute Gasteiger partial charge is 0.450 e. The molecule has 3 atom stereocenters. The monoisotopic (exact) mass is 246 g/mol. The molecule has 5 heteroatoms. The topological polar surface area (TPSA) is 65.0 Å². The summed E-state index contributed by atoms with van der Waals surface area (Å²) in [4.78, 5) is 10.5. The molecular formula is C12H22O5. The van der Waals surface area contributed by atoms with Gasteiger partial charge in [-0.1, -0.05) is 13.8 Å². The first kappa shape index (κ1) is 14.3. The van der Waals surface area contributed by atoms with Crippen molar-refractivity contribution < 1.29 is 24.1 Å². The lowest BCUT2D eigenvalue weighted by molar-refractivity contribution is -0.111. The van der Waals surface area contributed by atoms with Gasteiger partial charge in [-0.2, -0.15) is 0 Å². The third kappa shape index (κ3) is 3.10. The van der Waals surface area contributed by atoms with Crippen molar-refractivity contribution in [3.8, 4) is 0 Å². The fourth-order valence-electron chi connectivity index (χ4n) is 2.90. The van der Waals surface area contributed by atoms with Gasteiger partial charge >= 0.3 is 6.16 Å². The summed E-state index contributed by atoms with van der Waals surface area (Å²) in [5.41, 5.74) is 0.0736. The van der Waals surface area contributed by atoms with Crippen LogP contribution in [0.1, 0.15) is 27.2 Å². The summed E-state index contributed by atoms with van der Waals surface area (Å²) in [7, 11) is 3.21. The van der Waals surface area contributed by atoms with Gasteiger partial charge < -0.3 is 19.3 Å². The SMILES string of the molecule is COC(CC1C(C(C)OC(=O)O)C1(C)C)OC. The van der Waals surface area contributed by atoms with Gasteiger partial charge in [0.2, 0.25) is 0 Å². The predicted molar refractivity (Wildman–Crippen MR) is 61.8 cm³/mol. The minimum Gasteiger partial charge on any atom is -0.450 e. The molecule has 0 aromatic rings. The van der Waals surface area contributed by atoms with E-state index in [2.05, 4.69) is 13.8 Å². The van der Waals surface area contributed by atoms with E-state index in [-0.39, 0.29) is 23.7 Å². The molecule has 100 valence electrons. The lowest BCUT2D eigenvalue weighted by Crippen LogP contribution is -2.19. The van der Waals surface area contributed by atoms with Gasteiger partial charge in [0, 0.05) is 26.6 Å². The van der Waals surface area contributed by atoms with E-state index < -0.39 is 6.16 Å². The van der Waals surface area contributed by atoms with Crippen molar-refractivity contribution in [1.82, 2.24) is 0 Å². The van der Waals surface area contributed by atoms with Crippen molar-refractivity contribution in [3.63, 3.8) is 0 Å². The standard InChI is InChI=1S/C12H22O5/c1-7(17-11(13)14)10-8(12(10,2)3)6-9(15-4)16-5/h7-10H,6H2,1-5H3,(H,13,14). The minimum atomic E-state index is -1.21. The van der Waals surface area contributed by atoms with Crippen LogP contribution in [0.2, 0.25) is 0 Å². The molecule has 0 spiro atoms. The summed E-state index contributed by atoms with van der Waals surface area (Å²) >= 11 is 0. The largest absolute Gasteiger partial charge is 0.506 e. The highest BCUT2D eigenvalue weighted by Gasteiger charge is 2.61. The molecule has 0 aliphatic heterocycles. The molecule has 1 fully saturated rings. The highest BCUT2D eigenvalue weighted by molar-refractivity contribution is 5.57. The first-order valence-electron chi connectivity index (χ1n) is 5.79. The van der Waals surface area contributed by atoms with Crippen molar-refractivity contribution in [2.45, 2.75) is 39.6 Å². The number of carbonyl (C=O) groups is 1. The van der Waals surface area contributed by atoms with E-state index in [1.54, 1.807) is 21.1 Å². The van der Waals surface area contributed by atoms with Crippen LogP contribution in [0.25, 0.3) is 0 Å². The lowest BCUT2D eigenvalue weighted by Gasteiger charge is -2.14.